The zero-order valence-electron chi connectivity index (χ0n) is 21.1. The van der Waals surface area contributed by atoms with Gasteiger partial charge in [-0.05, 0) is 106 Å². The van der Waals surface area contributed by atoms with E-state index < -0.39 is 0 Å². The van der Waals surface area contributed by atoms with Crippen LogP contribution in [0.2, 0.25) is 0 Å². The average Bonchev–Trinajstić information content (AvgIpc) is 3.43. The summed E-state index contributed by atoms with van der Waals surface area (Å²) in [4.78, 5) is 4.72. The van der Waals surface area contributed by atoms with Crippen molar-refractivity contribution in [3.05, 3.63) is 134 Å². The van der Waals surface area contributed by atoms with E-state index in [4.69, 9.17) is 9.73 Å². The molecule has 1 aliphatic heterocycles. The predicted octanol–water partition coefficient (Wildman–Crippen LogP) is 9.68. The summed E-state index contributed by atoms with van der Waals surface area (Å²) in [6, 6.07) is 29.9. The van der Waals surface area contributed by atoms with Crippen LogP contribution in [0.15, 0.2) is 111 Å². The largest absolute Gasteiger partial charge is 0.488 e. The van der Waals surface area contributed by atoms with Crippen LogP contribution in [0.1, 0.15) is 46.2 Å². The number of hydrogen-bond acceptors (Lipinski definition) is 3. The molecule has 0 saturated heterocycles. The lowest BCUT2D eigenvalue weighted by Gasteiger charge is -2.37. The van der Waals surface area contributed by atoms with Gasteiger partial charge in [-0.1, -0.05) is 70.0 Å². The molecule has 0 bridgehead atoms. The Morgan fingerprint density at radius 2 is 1.76 bits per heavy atom. The van der Waals surface area contributed by atoms with E-state index in [0.29, 0.717) is 24.5 Å². The van der Waals surface area contributed by atoms with Crippen molar-refractivity contribution in [1.82, 2.24) is 0 Å². The number of benzene rings is 4. The summed E-state index contributed by atoms with van der Waals surface area (Å²) >= 11 is 7.11. The third-order valence-corrected chi connectivity index (χ3v) is 8.55. The number of rotatable bonds is 6. The Balaban J connectivity index is 1.12. The molecule has 1 heterocycles. The Bertz CT molecular complexity index is 1510. The van der Waals surface area contributed by atoms with Crippen LogP contribution in [0.5, 0.6) is 5.75 Å². The first-order chi connectivity index (χ1) is 18.5. The summed E-state index contributed by atoms with van der Waals surface area (Å²) < 4.78 is 7.96. The van der Waals surface area contributed by atoms with Gasteiger partial charge < -0.3 is 10.1 Å². The minimum absolute atomic E-state index is 0.296. The van der Waals surface area contributed by atoms with Crippen LogP contribution in [-0.2, 0) is 6.61 Å². The second-order valence-corrected chi connectivity index (χ2v) is 11.8. The van der Waals surface area contributed by atoms with Gasteiger partial charge in [0, 0.05) is 22.3 Å². The molecular formula is C33H28Br2N2O. The van der Waals surface area contributed by atoms with Gasteiger partial charge in [0.1, 0.15) is 12.4 Å². The molecule has 6 rings (SSSR count). The fourth-order valence-corrected chi connectivity index (χ4v) is 6.19. The maximum atomic E-state index is 5.99. The van der Waals surface area contributed by atoms with Gasteiger partial charge >= 0.3 is 0 Å². The van der Waals surface area contributed by atoms with Crippen LogP contribution in [0, 0.1) is 12.8 Å². The lowest BCUT2D eigenvalue weighted by molar-refractivity contribution is 0.304. The topological polar surface area (TPSA) is 33.6 Å². The first-order valence-electron chi connectivity index (χ1n) is 12.9. The average molecular weight is 628 g/mol. The predicted molar refractivity (Wildman–Crippen MR) is 164 cm³/mol. The van der Waals surface area contributed by atoms with E-state index in [1.807, 2.05) is 36.5 Å². The number of aliphatic imine (C=N–C) groups is 1. The zero-order valence-corrected chi connectivity index (χ0v) is 24.2. The van der Waals surface area contributed by atoms with Gasteiger partial charge in [0.15, 0.2) is 0 Å². The van der Waals surface area contributed by atoms with E-state index >= 15 is 0 Å². The van der Waals surface area contributed by atoms with Crippen LogP contribution < -0.4 is 10.1 Å². The summed E-state index contributed by atoms with van der Waals surface area (Å²) in [6.07, 6.45) is 7.74. The van der Waals surface area contributed by atoms with Crippen molar-refractivity contribution in [1.29, 1.82) is 0 Å². The van der Waals surface area contributed by atoms with Crippen molar-refractivity contribution in [2.75, 3.05) is 5.32 Å². The van der Waals surface area contributed by atoms with Gasteiger partial charge in [0.05, 0.1) is 16.2 Å². The van der Waals surface area contributed by atoms with Crippen molar-refractivity contribution < 1.29 is 4.74 Å². The number of fused-ring (bicyclic) bond motifs is 3. The Morgan fingerprint density at radius 3 is 2.55 bits per heavy atom. The number of halogens is 2. The summed E-state index contributed by atoms with van der Waals surface area (Å²) in [5.74, 6) is 1.83. The highest BCUT2D eigenvalue weighted by atomic mass is 79.9. The van der Waals surface area contributed by atoms with Crippen molar-refractivity contribution in [3.8, 4) is 5.75 Å². The molecule has 4 aromatic rings. The van der Waals surface area contributed by atoms with Crippen LogP contribution in [-0.4, -0.2) is 6.21 Å². The molecule has 0 radical (unpaired) electrons. The summed E-state index contributed by atoms with van der Waals surface area (Å²) in [5, 5.41) is 3.83. The molecule has 38 heavy (non-hydrogen) atoms. The molecule has 0 amide bonds. The Hall–Kier alpha value is -3.15. The van der Waals surface area contributed by atoms with E-state index in [9.17, 15) is 0 Å². The van der Waals surface area contributed by atoms with Crippen LogP contribution in [0.3, 0.4) is 0 Å². The van der Waals surface area contributed by atoms with E-state index in [1.165, 1.54) is 22.4 Å². The zero-order chi connectivity index (χ0) is 26.1. The molecule has 2 aliphatic rings. The smallest absolute Gasteiger partial charge is 0.134 e. The molecule has 5 heteroatoms. The third kappa shape index (κ3) is 5.36. The number of anilines is 1. The third-order valence-electron chi connectivity index (χ3n) is 7.40. The lowest BCUT2D eigenvalue weighted by Crippen LogP contribution is -2.29. The molecule has 0 aromatic heterocycles. The van der Waals surface area contributed by atoms with E-state index in [-0.39, 0.29) is 0 Å². The number of nitrogens with zero attached hydrogens (tertiary/aromatic N) is 1. The van der Waals surface area contributed by atoms with Gasteiger partial charge in [0.25, 0.3) is 0 Å². The highest BCUT2D eigenvalue weighted by molar-refractivity contribution is 9.10. The SMILES string of the molecule is Cc1ccc2c(c1)[C@@H]1C=CC[C@H]1[C@@H](c1ccc(N=Cc3ccc(OCc4ccc(Br)cc4)c(Br)c3)cc1)N2. The molecule has 0 saturated carbocycles. The van der Waals surface area contributed by atoms with Gasteiger partial charge in [-0.2, -0.15) is 0 Å². The van der Waals surface area contributed by atoms with Crippen molar-refractivity contribution in [2.24, 2.45) is 10.9 Å². The molecule has 0 fully saturated rings. The summed E-state index contributed by atoms with van der Waals surface area (Å²) in [7, 11) is 0. The molecule has 3 nitrogen and oxygen atoms in total. The summed E-state index contributed by atoms with van der Waals surface area (Å²) in [5.41, 5.74) is 8.38. The second kappa shape index (κ2) is 10.9. The quantitative estimate of drug-likeness (QED) is 0.170. The van der Waals surface area contributed by atoms with Crippen LogP contribution >= 0.6 is 31.9 Å². The molecule has 0 unspecified atom stereocenters. The molecule has 1 aliphatic carbocycles. The Kier molecular flexibility index (Phi) is 7.22. The number of allylic oxidation sites excluding steroid dienone is 2. The van der Waals surface area contributed by atoms with Crippen molar-refractivity contribution in [2.45, 2.75) is 31.9 Å². The van der Waals surface area contributed by atoms with Gasteiger partial charge in [-0.25, -0.2) is 0 Å². The monoisotopic (exact) mass is 626 g/mol. The number of aryl methyl sites for hydroxylation is 1. The Morgan fingerprint density at radius 1 is 0.947 bits per heavy atom. The van der Waals surface area contributed by atoms with E-state index in [1.54, 1.807) is 0 Å². The van der Waals surface area contributed by atoms with Crippen LogP contribution in [0.25, 0.3) is 0 Å². The van der Waals surface area contributed by atoms with Gasteiger partial charge in [-0.3, -0.25) is 4.99 Å². The minimum Gasteiger partial charge on any atom is -0.488 e. The van der Waals surface area contributed by atoms with Crippen molar-refractivity contribution in [3.63, 3.8) is 0 Å². The van der Waals surface area contributed by atoms with Gasteiger partial charge in [0.2, 0.25) is 0 Å². The van der Waals surface area contributed by atoms with Crippen LogP contribution in [0.4, 0.5) is 11.4 Å². The first-order valence-corrected chi connectivity index (χ1v) is 14.5. The first kappa shape index (κ1) is 25.1. The normalized spacial score (nSPS) is 19.7. The van der Waals surface area contributed by atoms with E-state index in [0.717, 1.165) is 37.9 Å². The fraction of sp³-hybridized carbons (Fsp3) is 0.182. The standard InChI is InChI=1S/C33H28Br2N2O/c1-21-5-15-31-29(17-21)27-3-2-4-28(27)33(37-31)24-9-13-26(14-10-24)36-19-23-8-16-32(30(35)18-23)38-20-22-6-11-25(34)12-7-22/h2-3,5-19,27-28,33,37H,4,20H2,1H3/t27-,28-,33-/m1/s1. The molecule has 3 atom stereocenters. The minimum atomic E-state index is 0.296. The highest BCUT2D eigenvalue weighted by Crippen LogP contribution is 2.50. The van der Waals surface area contributed by atoms with Gasteiger partial charge in [-0.15, -0.1) is 0 Å². The molecule has 190 valence electrons. The number of nitrogens with one attached hydrogen (secondary N) is 1. The fourth-order valence-electron chi connectivity index (χ4n) is 5.42. The number of ether oxygens (including phenoxy) is 1. The highest BCUT2D eigenvalue weighted by Gasteiger charge is 2.37. The maximum Gasteiger partial charge on any atom is 0.134 e. The molecule has 0 spiro atoms. The molecule has 4 aromatic carbocycles. The maximum absolute atomic E-state index is 5.99. The molecule has 1 N–H and O–H groups in total. The lowest BCUT2D eigenvalue weighted by atomic mass is 9.76. The van der Waals surface area contributed by atoms with Crippen molar-refractivity contribution >= 4 is 49.4 Å². The van der Waals surface area contributed by atoms with E-state index in [2.05, 4.69) is 111 Å². The summed E-state index contributed by atoms with van der Waals surface area (Å²) in [6.45, 7) is 2.69. The Labute approximate surface area is 240 Å². The molecular weight excluding hydrogens is 600 g/mol. The number of hydrogen-bond donors (Lipinski definition) is 1. The second-order valence-electron chi connectivity index (χ2n) is 10.0.